The number of ether oxygens (including phenoxy) is 1. The van der Waals surface area contributed by atoms with Crippen LogP contribution in [0.1, 0.15) is 5.56 Å². The van der Waals surface area contributed by atoms with Gasteiger partial charge in [-0.2, -0.15) is 0 Å². The maximum Gasteiger partial charge on any atom is 0.141 e. The molecule has 2 N–H and O–H groups in total. The third-order valence-electron chi connectivity index (χ3n) is 4.66. The maximum absolute atomic E-state index is 13.3. The normalized spacial score (nSPS) is 10.6. The molecule has 0 unspecified atom stereocenters. The number of rotatable bonds is 8. The van der Waals surface area contributed by atoms with Crippen LogP contribution in [0.25, 0.3) is 10.9 Å². The quantitative estimate of drug-likeness (QED) is 0.289. The number of hydrogen-bond donors (Lipinski definition) is 2. The van der Waals surface area contributed by atoms with Gasteiger partial charge < -0.3 is 15.4 Å². The van der Waals surface area contributed by atoms with Gasteiger partial charge in [-0.1, -0.05) is 36.9 Å². The highest BCUT2D eigenvalue weighted by Gasteiger charge is 2.09. The molecule has 0 saturated heterocycles. The molecule has 1 heterocycles. The first kappa shape index (κ1) is 21.3. The number of hydrogen-bond acceptors (Lipinski definition) is 5. The number of allylic oxidation sites excluding steroid dienone is 1. The lowest BCUT2D eigenvalue weighted by molar-refractivity contribution is 0.306. The Labute approximate surface area is 190 Å². The number of anilines is 3. The summed E-state index contributed by atoms with van der Waals surface area (Å²) in [5.41, 5.74) is 3.79. The van der Waals surface area contributed by atoms with E-state index in [2.05, 4.69) is 33.8 Å². The zero-order valence-electron chi connectivity index (χ0n) is 17.1. The second-order valence-electron chi connectivity index (χ2n) is 7.00. The molecule has 0 bridgehead atoms. The van der Waals surface area contributed by atoms with Gasteiger partial charge in [0.15, 0.2) is 0 Å². The molecule has 160 valence electrons. The molecular weight excluding hydrogens is 427 g/mol. The van der Waals surface area contributed by atoms with Gasteiger partial charge >= 0.3 is 0 Å². The van der Waals surface area contributed by atoms with Crippen LogP contribution in [0.3, 0.4) is 0 Å². The van der Waals surface area contributed by atoms with Crippen LogP contribution in [0, 0.1) is 5.82 Å². The highest BCUT2D eigenvalue weighted by atomic mass is 35.5. The van der Waals surface area contributed by atoms with Gasteiger partial charge in [-0.3, -0.25) is 0 Å². The van der Waals surface area contributed by atoms with Crippen LogP contribution in [0.5, 0.6) is 5.75 Å². The Balaban J connectivity index is 1.53. The standard InChI is InChI=1S/C25H20ClFN4O/c1-3-16(2)30-19-7-9-23-21(12-19)25(29-15-28-23)31-20-8-10-24(22(26)13-20)32-14-17-5-4-6-18(27)11-17/h3-13,15,30H,1-2,14H2,(H,28,29,31). The summed E-state index contributed by atoms with van der Waals surface area (Å²) in [6.45, 7) is 7.79. The van der Waals surface area contributed by atoms with Crippen LogP contribution >= 0.6 is 11.6 Å². The van der Waals surface area contributed by atoms with Crippen molar-refractivity contribution in [2.75, 3.05) is 10.6 Å². The van der Waals surface area contributed by atoms with Crippen LogP contribution in [0.4, 0.5) is 21.6 Å². The molecule has 4 rings (SSSR count). The molecular formula is C25H20ClFN4O. The number of halogens is 2. The van der Waals surface area contributed by atoms with Crippen LogP contribution in [-0.4, -0.2) is 9.97 Å². The van der Waals surface area contributed by atoms with Crippen LogP contribution < -0.4 is 15.4 Å². The number of nitrogens with zero attached hydrogens (tertiary/aromatic N) is 2. The highest BCUT2D eigenvalue weighted by molar-refractivity contribution is 6.32. The topological polar surface area (TPSA) is 59.1 Å². The fourth-order valence-corrected chi connectivity index (χ4v) is 3.33. The number of nitrogens with one attached hydrogen (secondary N) is 2. The molecule has 0 aliphatic rings. The average molecular weight is 447 g/mol. The van der Waals surface area contributed by atoms with Crippen molar-refractivity contribution in [2.45, 2.75) is 6.61 Å². The summed E-state index contributed by atoms with van der Waals surface area (Å²) in [6, 6.07) is 17.3. The van der Waals surface area contributed by atoms with E-state index in [1.165, 1.54) is 18.5 Å². The predicted octanol–water partition coefficient (Wildman–Crippen LogP) is 6.86. The summed E-state index contributed by atoms with van der Waals surface area (Å²) in [5.74, 6) is 0.830. The van der Waals surface area contributed by atoms with Gasteiger partial charge in [0.1, 0.15) is 30.3 Å². The van der Waals surface area contributed by atoms with Crippen LogP contribution in [0.15, 0.2) is 91.9 Å². The molecule has 4 aromatic rings. The predicted molar refractivity (Wildman–Crippen MR) is 128 cm³/mol. The van der Waals surface area contributed by atoms with Crippen molar-refractivity contribution in [2.24, 2.45) is 0 Å². The van der Waals surface area contributed by atoms with Crippen molar-refractivity contribution in [1.29, 1.82) is 0 Å². The minimum absolute atomic E-state index is 0.215. The zero-order valence-corrected chi connectivity index (χ0v) is 17.9. The van der Waals surface area contributed by atoms with Gasteiger partial charge in [-0.05, 0) is 60.2 Å². The third-order valence-corrected chi connectivity index (χ3v) is 4.96. The Morgan fingerprint density at radius 2 is 1.91 bits per heavy atom. The molecule has 32 heavy (non-hydrogen) atoms. The maximum atomic E-state index is 13.3. The molecule has 1 aromatic heterocycles. The summed E-state index contributed by atoms with van der Waals surface area (Å²) in [4.78, 5) is 8.70. The lowest BCUT2D eigenvalue weighted by Crippen LogP contribution is -1.99. The van der Waals surface area contributed by atoms with Crippen molar-refractivity contribution in [3.63, 3.8) is 0 Å². The molecule has 0 spiro atoms. The van der Waals surface area contributed by atoms with Crippen molar-refractivity contribution < 1.29 is 9.13 Å². The van der Waals surface area contributed by atoms with Gasteiger partial charge in [-0.15, -0.1) is 0 Å². The number of fused-ring (bicyclic) bond motifs is 1. The van der Waals surface area contributed by atoms with E-state index in [1.54, 1.807) is 30.3 Å². The lowest BCUT2D eigenvalue weighted by atomic mass is 10.2. The number of benzene rings is 3. The minimum atomic E-state index is -0.305. The van der Waals surface area contributed by atoms with E-state index in [-0.39, 0.29) is 12.4 Å². The van der Waals surface area contributed by atoms with Crippen LogP contribution in [-0.2, 0) is 6.61 Å². The third kappa shape index (κ3) is 5.04. The second-order valence-corrected chi connectivity index (χ2v) is 7.40. The molecule has 5 nitrogen and oxygen atoms in total. The van der Waals surface area contributed by atoms with E-state index in [0.29, 0.717) is 22.3 Å². The van der Waals surface area contributed by atoms with Crippen molar-refractivity contribution in [3.8, 4) is 5.75 Å². The molecule has 0 aliphatic heterocycles. The summed E-state index contributed by atoms with van der Waals surface area (Å²) >= 11 is 6.41. The highest BCUT2D eigenvalue weighted by Crippen LogP contribution is 2.31. The molecule has 7 heteroatoms. The van der Waals surface area contributed by atoms with E-state index in [9.17, 15) is 4.39 Å². The van der Waals surface area contributed by atoms with Crippen LogP contribution in [0.2, 0.25) is 5.02 Å². The fraction of sp³-hybridized carbons (Fsp3) is 0.0400. The van der Waals surface area contributed by atoms with Crippen molar-refractivity contribution in [3.05, 3.63) is 108 Å². The molecule has 0 saturated carbocycles. The van der Waals surface area contributed by atoms with E-state index < -0.39 is 0 Å². The zero-order chi connectivity index (χ0) is 22.5. The first-order valence-electron chi connectivity index (χ1n) is 9.79. The summed E-state index contributed by atoms with van der Waals surface area (Å²) in [5, 5.41) is 7.70. The van der Waals surface area contributed by atoms with Gasteiger partial charge in [-0.25, -0.2) is 14.4 Å². The second kappa shape index (κ2) is 9.49. The largest absolute Gasteiger partial charge is 0.487 e. The number of aromatic nitrogens is 2. The average Bonchev–Trinajstić information content (AvgIpc) is 2.79. The monoisotopic (exact) mass is 446 g/mol. The van der Waals surface area contributed by atoms with Gasteiger partial charge in [0.2, 0.25) is 0 Å². The van der Waals surface area contributed by atoms with E-state index in [4.69, 9.17) is 16.3 Å². The molecule has 0 radical (unpaired) electrons. The summed E-state index contributed by atoms with van der Waals surface area (Å²) in [6.07, 6.45) is 3.14. The smallest absolute Gasteiger partial charge is 0.141 e. The summed E-state index contributed by atoms with van der Waals surface area (Å²) < 4.78 is 19.1. The Hall–Kier alpha value is -3.90. The van der Waals surface area contributed by atoms with E-state index >= 15 is 0 Å². The molecule has 0 atom stereocenters. The Kier molecular flexibility index (Phi) is 6.33. The van der Waals surface area contributed by atoms with Crippen molar-refractivity contribution >= 4 is 39.7 Å². The first-order valence-corrected chi connectivity index (χ1v) is 10.2. The van der Waals surface area contributed by atoms with E-state index in [1.807, 2.05) is 24.3 Å². The molecule has 0 aliphatic carbocycles. The van der Waals surface area contributed by atoms with Gasteiger partial charge in [0, 0.05) is 22.5 Å². The Bertz CT molecular complexity index is 1310. The van der Waals surface area contributed by atoms with E-state index in [0.717, 1.165) is 27.8 Å². The minimum Gasteiger partial charge on any atom is -0.487 e. The Morgan fingerprint density at radius 3 is 2.69 bits per heavy atom. The first-order chi connectivity index (χ1) is 15.5. The van der Waals surface area contributed by atoms with Gasteiger partial charge in [0.25, 0.3) is 0 Å². The van der Waals surface area contributed by atoms with Crippen molar-refractivity contribution in [1.82, 2.24) is 9.97 Å². The fourth-order valence-electron chi connectivity index (χ4n) is 3.09. The summed E-state index contributed by atoms with van der Waals surface area (Å²) in [7, 11) is 0. The SMILES string of the molecule is C=CC(=C)Nc1ccc2ncnc(Nc3ccc(OCc4cccc(F)c4)c(Cl)c3)c2c1. The molecule has 0 fully saturated rings. The van der Waals surface area contributed by atoms with Gasteiger partial charge in [0.05, 0.1) is 10.5 Å². The Morgan fingerprint density at radius 1 is 1.06 bits per heavy atom. The molecule has 3 aromatic carbocycles. The lowest BCUT2D eigenvalue weighted by Gasteiger charge is -2.13. The molecule has 0 amide bonds.